The SMILES string of the molecule is CC(C)c1ccc(-c2cn[nH]c2)s1. The monoisotopic (exact) mass is 192 g/mol. The molecule has 2 heterocycles. The van der Waals surface area contributed by atoms with E-state index in [4.69, 9.17) is 0 Å². The Kier molecular flexibility index (Phi) is 2.19. The van der Waals surface area contributed by atoms with Crippen LogP contribution in [0.25, 0.3) is 10.4 Å². The zero-order valence-corrected chi connectivity index (χ0v) is 8.56. The smallest absolute Gasteiger partial charge is 0.0573 e. The van der Waals surface area contributed by atoms with Crippen LogP contribution < -0.4 is 0 Å². The van der Waals surface area contributed by atoms with Crippen LogP contribution in [0.5, 0.6) is 0 Å². The Bertz CT molecular complexity index is 373. The van der Waals surface area contributed by atoms with Crippen LogP contribution in [0.3, 0.4) is 0 Å². The van der Waals surface area contributed by atoms with Gasteiger partial charge in [-0.3, -0.25) is 5.10 Å². The molecule has 0 saturated carbocycles. The summed E-state index contributed by atoms with van der Waals surface area (Å²) in [7, 11) is 0. The molecule has 0 amide bonds. The second-order valence-electron chi connectivity index (χ2n) is 3.34. The molecule has 0 unspecified atom stereocenters. The van der Waals surface area contributed by atoms with Crippen LogP contribution in [0.2, 0.25) is 0 Å². The minimum absolute atomic E-state index is 0.616. The molecular formula is C10H12N2S. The molecule has 0 radical (unpaired) electrons. The van der Waals surface area contributed by atoms with Gasteiger partial charge in [0.2, 0.25) is 0 Å². The lowest BCUT2D eigenvalue weighted by atomic mass is 10.2. The number of aromatic nitrogens is 2. The van der Waals surface area contributed by atoms with Gasteiger partial charge in [-0.2, -0.15) is 5.10 Å². The van der Waals surface area contributed by atoms with Crippen molar-refractivity contribution >= 4 is 11.3 Å². The summed E-state index contributed by atoms with van der Waals surface area (Å²) in [6.07, 6.45) is 3.78. The van der Waals surface area contributed by atoms with Crippen molar-refractivity contribution in [1.29, 1.82) is 0 Å². The number of nitrogens with zero attached hydrogens (tertiary/aromatic N) is 1. The first-order valence-corrected chi connectivity index (χ1v) is 5.18. The average molecular weight is 192 g/mol. The molecule has 1 N–H and O–H groups in total. The predicted octanol–water partition coefficient (Wildman–Crippen LogP) is 3.26. The number of hydrogen-bond acceptors (Lipinski definition) is 2. The number of aromatic amines is 1. The van der Waals surface area contributed by atoms with E-state index in [9.17, 15) is 0 Å². The molecule has 2 aromatic rings. The van der Waals surface area contributed by atoms with Gasteiger partial charge in [0.25, 0.3) is 0 Å². The fraction of sp³-hybridized carbons (Fsp3) is 0.300. The molecular weight excluding hydrogens is 180 g/mol. The van der Waals surface area contributed by atoms with E-state index in [2.05, 4.69) is 36.2 Å². The van der Waals surface area contributed by atoms with Gasteiger partial charge >= 0.3 is 0 Å². The first kappa shape index (κ1) is 8.51. The molecule has 0 aliphatic rings. The summed E-state index contributed by atoms with van der Waals surface area (Å²) >= 11 is 1.84. The van der Waals surface area contributed by atoms with Gasteiger partial charge in [0.15, 0.2) is 0 Å². The summed E-state index contributed by atoms with van der Waals surface area (Å²) in [5, 5.41) is 6.76. The van der Waals surface area contributed by atoms with Crippen molar-refractivity contribution in [2.45, 2.75) is 19.8 Å². The molecule has 2 nitrogen and oxygen atoms in total. The molecule has 3 heteroatoms. The fourth-order valence-corrected chi connectivity index (χ4v) is 2.20. The average Bonchev–Trinajstić information content (AvgIpc) is 2.75. The maximum Gasteiger partial charge on any atom is 0.0573 e. The van der Waals surface area contributed by atoms with Gasteiger partial charge in [-0.05, 0) is 18.1 Å². The highest BCUT2D eigenvalue weighted by atomic mass is 32.1. The molecule has 0 bridgehead atoms. The Morgan fingerprint density at radius 3 is 2.77 bits per heavy atom. The van der Waals surface area contributed by atoms with Crippen molar-refractivity contribution in [2.24, 2.45) is 0 Å². The van der Waals surface area contributed by atoms with Crippen LogP contribution in [-0.2, 0) is 0 Å². The lowest BCUT2D eigenvalue weighted by Gasteiger charge is -1.97. The van der Waals surface area contributed by atoms with E-state index >= 15 is 0 Å². The number of thiophene rings is 1. The minimum Gasteiger partial charge on any atom is -0.285 e. The third kappa shape index (κ3) is 1.65. The van der Waals surface area contributed by atoms with Gasteiger partial charge in [-0.15, -0.1) is 11.3 Å². The van der Waals surface area contributed by atoms with Crippen molar-refractivity contribution in [3.8, 4) is 10.4 Å². The zero-order valence-electron chi connectivity index (χ0n) is 7.74. The topological polar surface area (TPSA) is 28.7 Å². The van der Waals surface area contributed by atoms with Gasteiger partial charge in [0, 0.05) is 21.5 Å². The van der Waals surface area contributed by atoms with E-state index in [-0.39, 0.29) is 0 Å². The molecule has 0 aliphatic carbocycles. The maximum absolute atomic E-state index is 3.93. The third-order valence-corrected chi connectivity index (χ3v) is 3.41. The Morgan fingerprint density at radius 2 is 2.23 bits per heavy atom. The second kappa shape index (κ2) is 3.34. The summed E-state index contributed by atoms with van der Waals surface area (Å²) in [6, 6.07) is 4.35. The Balaban J connectivity index is 2.33. The van der Waals surface area contributed by atoms with Crippen LogP contribution in [0, 0.1) is 0 Å². The predicted molar refractivity (Wildman–Crippen MR) is 56.0 cm³/mol. The van der Waals surface area contributed by atoms with Crippen LogP contribution >= 0.6 is 11.3 Å². The number of hydrogen-bond donors (Lipinski definition) is 1. The van der Waals surface area contributed by atoms with E-state index in [0.29, 0.717) is 5.92 Å². The molecule has 0 aliphatic heterocycles. The summed E-state index contributed by atoms with van der Waals surface area (Å²) in [5.74, 6) is 0.616. The van der Waals surface area contributed by atoms with E-state index in [1.807, 2.05) is 23.7 Å². The third-order valence-electron chi connectivity index (χ3n) is 1.98. The molecule has 68 valence electrons. The first-order valence-electron chi connectivity index (χ1n) is 4.36. The molecule has 13 heavy (non-hydrogen) atoms. The van der Waals surface area contributed by atoms with E-state index in [1.165, 1.54) is 15.3 Å². The van der Waals surface area contributed by atoms with Gasteiger partial charge in [0.1, 0.15) is 0 Å². The van der Waals surface area contributed by atoms with E-state index in [1.54, 1.807) is 0 Å². The number of nitrogens with one attached hydrogen (secondary N) is 1. The van der Waals surface area contributed by atoms with Gasteiger partial charge in [0.05, 0.1) is 6.20 Å². The number of rotatable bonds is 2. The molecule has 0 saturated heterocycles. The van der Waals surface area contributed by atoms with Crippen LogP contribution in [0.4, 0.5) is 0 Å². The minimum atomic E-state index is 0.616. The highest BCUT2D eigenvalue weighted by Gasteiger charge is 2.05. The van der Waals surface area contributed by atoms with Crippen molar-refractivity contribution in [1.82, 2.24) is 10.2 Å². The van der Waals surface area contributed by atoms with Crippen molar-refractivity contribution < 1.29 is 0 Å². The van der Waals surface area contributed by atoms with Crippen LogP contribution in [0.15, 0.2) is 24.5 Å². The summed E-state index contributed by atoms with van der Waals surface area (Å²) in [4.78, 5) is 2.72. The van der Waals surface area contributed by atoms with E-state index in [0.717, 1.165) is 0 Å². The molecule has 0 atom stereocenters. The van der Waals surface area contributed by atoms with Crippen molar-refractivity contribution in [3.63, 3.8) is 0 Å². The lowest BCUT2D eigenvalue weighted by molar-refractivity contribution is 0.890. The van der Waals surface area contributed by atoms with E-state index < -0.39 is 0 Å². The normalized spacial score (nSPS) is 11.0. The molecule has 0 aromatic carbocycles. The van der Waals surface area contributed by atoms with Gasteiger partial charge in [-0.25, -0.2) is 0 Å². The first-order chi connectivity index (χ1) is 6.27. The van der Waals surface area contributed by atoms with Gasteiger partial charge < -0.3 is 0 Å². The standard InChI is InChI=1S/C10H12N2S/c1-7(2)9-3-4-10(13-9)8-5-11-12-6-8/h3-7H,1-2H3,(H,11,12). The van der Waals surface area contributed by atoms with Crippen molar-refractivity contribution in [3.05, 3.63) is 29.4 Å². The highest BCUT2D eigenvalue weighted by molar-refractivity contribution is 7.15. The maximum atomic E-state index is 3.93. The summed E-state index contributed by atoms with van der Waals surface area (Å²) < 4.78 is 0. The molecule has 2 rings (SSSR count). The summed E-state index contributed by atoms with van der Waals surface area (Å²) in [6.45, 7) is 4.43. The highest BCUT2D eigenvalue weighted by Crippen LogP contribution is 2.31. The fourth-order valence-electron chi connectivity index (χ4n) is 1.20. The second-order valence-corrected chi connectivity index (χ2v) is 4.46. The molecule has 0 fully saturated rings. The van der Waals surface area contributed by atoms with Gasteiger partial charge in [-0.1, -0.05) is 13.8 Å². The summed E-state index contributed by atoms with van der Waals surface area (Å²) in [5.41, 5.74) is 1.18. The number of H-pyrrole nitrogens is 1. The Hall–Kier alpha value is -1.09. The largest absolute Gasteiger partial charge is 0.285 e. The Morgan fingerprint density at radius 1 is 1.38 bits per heavy atom. The molecule has 0 spiro atoms. The zero-order chi connectivity index (χ0) is 9.26. The lowest BCUT2D eigenvalue weighted by Crippen LogP contribution is -1.77. The molecule has 2 aromatic heterocycles. The van der Waals surface area contributed by atoms with Crippen LogP contribution in [0.1, 0.15) is 24.6 Å². The Labute approximate surface area is 81.6 Å². The quantitative estimate of drug-likeness (QED) is 0.777. The van der Waals surface area contributed by atoms with Crippen molar-refractivity contribution in [2.75, 3.05) is 0 Å². The van der Waals surface area contributed by atoms with Crippen LogP contribution in [-0.4, -0.2) is 10.2 Å².